The standard InChI is InChI=1S/C18H19F3N6O2/c1-28-13-7-12(8-14(9-13)29-2)26-6-5-11(10-26)22-15-3-4-16-23-24-17(18(19,20)21)27(16)25-15/h3-4,7-9,11H,5-6,10H2,1-2H3,(H,22,25). The van der Waals surface area contributed by atoms with E-state index in [9.17, 15) is 13.2 Å². The molecule has 0 bridgehead atoms. The van der Waals surface area contributed by atoms with Gasteiger partial charge in [-0.1, -0.05) is 0 Å². The summed E-state index contributed by atoms with van der Waals surface area (Å²) in [5.74, 6) is 0.566. The van der Waals surface area contributed by atoms with Gasteiger partial charge in [0.05, 0.1) is 14.2 Å². The number of anilines is 2. The lowest BCUT2D eigenvalue weighted by Crippen LogP contribution is -2.26. The lowest BCUT2D eigenvalue weighted by atomic mass is 10.2. The Bertz CT molecular complexity index is 1000. The number of aromatic nitrogens is 4. The Labute approximate surface area is 164 Å². The average molecular weight is 408 g/mol. The van der Waals surface area contributed by atoms with Crippen molar-refractivity contribution >= 4 is 17.2 Å². The number of alkyl halides is 3. The molecule has 1 fully saturated rings. The predicted molar refractivity (Wildman–Crippen MR) is 99.6 cm³/mol. The Kier molecular flexibility index (Phi) is 4.81. The van der Waals surface area contributed by atoms with Crippen LogP contribution in [0.3, 0.4) is 0 Å². The molecule has 11 heteroatoms. The summed E-state index contributed by atoms with van der Waals surface area (Å²) in [5, 5.41) is 13.9. The van der Waals surface area contributed by atoms with E-state index in [0.29, 0.717) is 28.4 Å². The van der Waals surface area contributed by atoms with E-state index < -0.39 is 12.0 Å². The molecule has 3 heterocycles. The molecule has 2 aromatic heterocycles. The van der Waals surface area contributed by atoms with Gasteiger partial charge < -0.3 is 19.7 Å². The Morgan fingerprint density at radius 3 is 2.45 bits per heavy atom. The summed E-state index contributed by atoms with van der Waals surface area (Å²) >= 11 is 0. The van der Waals surface area contributed by atoms with Gasteiger partial charge in [0.25, 0.3) is 5.82 Å². The molecule has 4 rings (SSSR count). The van der Waals surface area contributed by atoms with Gasteiger partial charge in [-0.2, -0.15) is 17.7 Å². The maximum atomic E-state index is 13.0. The van der Waals surface area contributed by atoms with Crippen LogP contribution in [0.5, 0.6) is 11.5 Å². The van der Waals surface area contributed by atoms with Crippen LogP contribution < -0.4 is 19.7 Å². The first kappa shape index (κ1) is 19.1. The predicted octanol–water partition coefficient (Wildman–Crippen LogP) is 2.85. The number of nitrogens with one attached hydrogen (secondary N) is 1. The van der Waals surface area contributed by atoms with Gasteiger partial charge in [0.2, 0.25) is 0 Å². The number of hydrogen-bond acceptors (Lipinski definition) is 7. The summed E-state index contributed by atoms with van der Waals surface area (Å²) in [6.07, 6.45) is -3.83. The van der Waals surface area contributed by atoms with Crippen molar-refractivity contribution in [2.75, 3.05) is 37.5 Å². The topological polar surface area (TPSA) is 76.8 Å². The van der Waals surface area contributed by atoms with Crippen LogP contribution in [-0.2, 0) is 6.18 Å². The van der Waals surface area contributed by atoms with Crippen LogP contribution in [0.4, 0.5) is 24.7 Å². The van der Waals surface area contributed by atoms with Gasteiger partial charge in [-0.05, 0) is 18.6 Å². The second-order valence-electron chi connectivity index (χ2n) is 6.66. The quantitative estimate of drug-likeness (QED) is 0.696. The van der Waals surface area contributed by atoms with E-state index in [0.717, 1.165) is 18.7 Å². The average Bonchev–Trinajstić information content (AvgIpc) is 3.34. The highest BCUT2D eigenvalue weighted by atomic mass is 19.4. The van der Waals surface area contributed by atoms with Crippen LogP contribution in [0.2, 0.25) is 0 Å². The lowest BCUT2D eigenvalue weighted by Gasteiger charge is -2.20. The molecule has 1 saturated heterocycles. The third-order valence-corrected chi connectivity index (χ3v) is 4.76. The molecule has 0 spiro atoms. The number of fused-ring (bicyclic) bond motifs is 1. The molecule has 154 valence electrons. The first-order valence-electron chi connectivity index (χ1n) is 8.91. The lowest BCUT2D eigenvalue weighted by molar-refractivity contribution is -0.146. The second kappa shape index (κ2) is 7.30. The van der Waals surface area contributed by atoms with E-state index in [1.165, 1.54) is 6.07 Å². The molecular weight excluding hydrogens is 389 g/mol. The van der Waals surface area contributed by atoms with Gasteiger partial charge >= 0.3 is 6.18 Å². The molecule has 8 nitrogen and oxygen atoms in total. The van der Waals surface area contributed by atoms with Crippen molar-refractivity contribution in [1.29, 1.82) is 0 Å². The Morgan fingerprint density at radius 1 is 1.07 bits per heavy atom. The first-order valence-corrected chi connectivity index (χ1v) is 8.91. The molecular formula is C18H19F3N6O2. The molecule has 1 aromatic carbocycles. The number of nitrogens with zero attached hydrogens (tertiary/aromatic N) is 5. The van der Waals surface area contributed by atoms with Crippen molar-refractivity contribution in [2.45, 2.75) is 18.6 Å². The van der Waals surface area contributed by atoms with Gasteiger partial charge in [-0.3, -0.25) is 0 Å². The highest BCUT2D eigenvalue weighted by Gasteiger charge is 2.37. The summed E-state index contributed by atoms with van der Waals surface area (Å²) in [7, 11) is 3.18. The number of ether oxygens (including phenoxy) is 2. The van der Waals surface area contributed by atoms with Gasteiger partial charge in [-0.25, -0.2) is 0 Å². The van der Waals surface area contributed by atoms with E-state index in [-0.39, 0.29) is 11.7 Å². The second-order valence-corrected chi connectivity index (χ2v) is 6.66. The third kappa shape index (κ3) is 3.84. The van der Waals surface area contributed by atoms with Crippen LogP contribution in [0.25, 0.3) is 5.65 Å². The smallest absolute Gasteiger partial charge is 0.453 e. The highest BCUT2D eigenvalue weighted by molar-refractivity contribution is 5.57. The summed E-state index contributed by atoms with van der Waals surface area (Å²) in [6.45, 7) is 1.43. The Morgan fingerprint density at radius 2 is 1.79 bits per heavy atom. The van der Waals surface area contributed by atoms with Gasteiger partial charge in [0.1, 0.15) is 17.3 Å². The molecule has 0 aliphatic carbocycles. The monoisotopic (exact) mass is 408 g/mol. The van der Waals surface area contributed by atoms with Crippen molar-refractivity contribution in [3.8, 4) is 11.5 Å². The SMILES string of the molecule is COc1cc(OC)cc(N2CCC(Nc3ccc4nnc(C(F)(F)F)n4n3)C2)c1. The minimum atomic E-state index is -4.62. The van der Waals surface area contributed by atoms with E-state index in [2.05, 4.69) is 25.5 Å². The molecule has 0 amide bonds. The molecule has 1 unspecified atom stereocenters. The zero-order chi connectivity index (χ0) is 20.6. The molecule has 3 aromatic rings. The molecule has 1 atom stereocenters. The summed E-state index contributed by atoms with van der Waals surface area (Å²) in [6, 6.07) is 8.71. The van der Waals surface area contributed by atoms with Gasteiger partial charge in [-0.15, -0.1) is 15.3 Å². The number of hydrogen-bond donors (Lipinski definition) is 1. The highest BCUT2D eigenvalue weighted by Crippen LogP contribution is 2.31. The van der Waals surface area contributed by atoms with Crippen LogP contribution in [-0.4, -0.2) is 53.2 Å². The van der Waals surface area contributed by atoms with Crippen molar-refractivity contribution in [1.82, 2.24) is 19.8 Å². The van der Waals surface area contributed by atoms with Crippen molar-refractivity contribution in [3.63, 3.8) is 0 Å². The van der Waals surface area contributed by atoms with Crippen LogP contribution in [0, 0.1) is 0 Å². The Hall–Kier alpha value is -3.24. The summed E-state index contributed by atoms with van der Waals surface area (Å²) < 4.78 is 50.5. The van der Waals surface area contributed by atoms with Crippen LogP contribution in [0.1, 0.15) is 12.2 Å². The number of methoxy groups -OCH3 is 2. The maximum absolute atomic E-state index is 13.0. The van der Waals surface area contributed by atoms with Crippen LogP contribution >= 0.6 is 0 Å². The molecule has 1 aliphatic heterocycles. The zero-order valence-electron chi connectivity index (χ0n) is 15.8. The van der Waals surface area contributed by atoms with Crippen molar-refractivity contribution in [2.24, 2.45) is 0 Å². The molecule has 0 radical (unpaired) electrons. The van der Waals surface area contributed by atoms with Crippen LogP contribution in [0.15, 0.2) is 30.3 Å². The summed E-state index contributed by atoms with van der Waals surface area (Å²) in [5.41, 5.74) is 0.992. The minimum absolute atomic E-state index is 0.0166. The largest absolute Gasteiger partial charge is 0.497 e. The fraction of sp³-hybridized carbons (Fsp3) is 0.389. The Balaban J connectivity index is 1.51. The number of benzene rings is 1. The van der Waals surface area contributed by atoms with Gasteiger partial charge in [0, 0.05) is 43.0 Å². The fourth-order valence-corrected chi connectivity index (χ4v) is 3.34. The van der Waals surface area contributed by atoms with Crippen molar-refractivity contribution < 1.29 is 22.6 Å². The minimum Gasteiger partial charge on any atom is -0.497 e. The fourth-order valence-electron chi connectivity index (χ4n) is 3.34. The molecule has 29 heavy (non-hydrogen) atoms. The zero-order valence-corrected chi connectivity index (χ0v) is 15.8. The maximum Gasteiger partial charge on any atom is 0.453 e. The molecule has 1 N–H and O–H groups in total. The van der Waals surface area contributed by atoms with Gasteiger partial charge in [0.15, 0.2) is 5.65 Å². The number of halogens is 3. The first-order chi connectivity index (χ1) is 13.9. The van der Waals surface area contributed by atoms with E-state index >= 15 is 0 Å². The molecule has 1 aliphatic rings. The molecule has 0 saturated carbocycles. The van der Waals surface area contributed by atoms with Crippen molar-refractivity contribution in [3.05, 3.63) is 36.2 Å². The van der Waals surface area contributed by atoms with E-state index in [4.69, 9.17) is 9.47 Å². The van der Waals surface area contributed by atoms with E-state index in [1.807, 2.05) is 12.1 Å². The number of rotatable bonds is 5. The van der Waals surface area contributed by atoms with E-state index in [1.54, 1.807) is 26.4 Å². The normalized spacial score (nSPS) is 17.0. The third-order valence-electron chi connectivity index (χ3n) is 4.76. The summed E-state index contributed by atoms with van der Waals surface area (Å²) in [4.78, 5) is 2.15.